The van der Waals surface area contributed by atoms with Gasteiger partial charge in [-0.05, 0) is 38.3 Å². The molecule has 0 amide bonds. The minimum Gasteiger partial charge on any atom is -0.495 e. The van der Waals surface area contributed by atoms with Crippen LogP contribution in [0.25, 0.3) is 0 Å². The van der Waals surface area contributed by atoms with Gasteiger partial charge in [-0.25, -0.2) is 4.98 Å². The third-order valence-corrected chi connectivity index (χ3v) is 3.92. The van der Waals surface area contributed by atoms with E-state index in [4.69, 9.17) is 16.3 Å². The molecular formula is C16H19ClN4O. The highest BCUT2D eigenvalue weighted by Crippen LogP contribution is 2.33. The van der Waals surface area contributed by atoms with Gasteiger partial charge in [0.25, 0.3) is 0 Å². The molecule has 0 saturated heterocycles. The van der Waals surface area contributed by atoms with Crippen LogP contribution in [-0.2, 0) is 0 Å². The minimum absolute atomic E-state index is 0.516. The summed E-state index contributed by atoms with van der Waals surface area (Å²) in [7, 11) is 1.62. The quantitative estimate of drug-likeness (QED) is 0.870. The summed E-state index contributed by atoms with van der Waals surface area (Å²) in [5.74, 6) is 2.08. The summed E-state index contributed by atoms with van der Waals surface area (Å²) in [5.41, 5.74) is 2.72. The molecule has 1 saturated carbocycles. The number of methoxy groups -OCH3 is 1. The number of hydrogen-bond acceptors (Lipinski definition) is 5. The van der Waals surface area contributed by atoms with Crippen molar-refractivity contribution in [1.29, 1.82) is 0 Å². The fraction of sp³-hybridized carbons (Fsp3) is 0.375. The van der Waals surface area contributed by atoms with E-state index in [1.807, 2.05) is 26.0 Å². The molecule has 1 heterocycles. The summed E-state index contributed by atoms with van der Waals surface area (Å²) in [6, 6.07) is 6.17. The Morgan fingerprint density at radius 3 is 2.64 bits per heavy atom. The third-order valence-electron chi connectivity index (χ3n) is 3.51. The molecule has 1 aliphatic rings. The Kier molecular flexibility index (Phi) is 4.07. The van der Waals surface area contributed by atoms with Crippen LogP contribution in [0.1, 0.15) is 24.1 Å². The van der Waals surface area contributed by atoms with Crippen molar-refractivity contribution in [2.45, 2.75) is 32.7 Å². The van der Waals surface area contributed by atoms with Crippen LogP contribution in [0.15, 0.2) is 18.2 Å². The first kappa shape index (κ1) is 14.9. The molecule has 1 fully saturated rings. The molecule has 3 rings (SSSR count). The molecular weight excluding hydrogens is 300 g/mol. The van der Waals surface area contributed by atoms with Crippen LogP contribution in [0.3, 0.4) is 0 Å². The number of nitrogens with zero attached hydrogens (tertiary/aromatic N) is 2. The van der Waals surface area contributed by atoms with Crippen molar-refractivity contribution in [2.75, 3.05) is 17.7 Å². The van der Waals surface area contributed by atoms with E-state index >= 15 is 0 Å². The normalized spacial score (nSPS) is 13.8. The molecule has 1 aromatic carbocycles. The lowest BCUT2D eigenvalue weighted by Crippen LogP contribution is -2.08. The van der Waals surface area contributed by atoms with Gasteiger partial charge in [-0.1, -0.05) is 11.6 Å². The molecule has 0 aliphatic heterocycles. The number of aryl methyl sites for hydroxylation is 2. The maximum Gasteiger partial charge on any atom is 0.225 e. The molecule has 0 radical (unpaired) electrons. The first-order valence-electron chi connectivity index (χ1n) is 7.28. The van der Waals surface area contributed by atoms with E-state index in [0.29, 0.717) is 22.8 Å². The average Bonchev–Trinajstić information content (AvgIpc) is 3.26. The van der Waals surface area contributed by atoms with E-state index in [0.717, 1.165) is 22.8 Å². The van der Waals surface area contributed by atoms with Crippen molar-refractivity contribution in [3.8, 4) is 5.75 Å². The summed E-state index contributed by atoms with van der Waals surface area (Å²) < 4.78 is 5.38. The highest BCUT2D eigenvalue weighted by molar-refractivity contribution is 6.31. The second kappa shape index (κ2) is 6.01. The Morgan fingerprint density at radius 1 is 1.18 bits per heavy atom. The van der Waals surface area contributed by atoms with E-state index in [2.05, 4.69) is 20.6 Å². The lowest BCUT2D eigenvalue weighted by molar-refractivity contribution is 0.416. The van der Waals surface area contributed by atoms with Crippen LogP contribution < -0.4 is 15.4 Å². The zero-order chi connectivity index (χ0) is 15.7. The van der Waals surface area contributed by atoms with Crippen LogP contribution in [0.4, 0.5) is 17.5 Å². The van der Waals surface area contributed by atoms with Gasteiger partial charge < -0.3 is 15.4 Å². The maximum atomic E-state index is 6.14. The van der Waals surface area contributed by atoms with Crippen molar-refractivity contribution in [3.05, 3.63) is 34.5 Å². The van der Waals surface area contributed by atoms with Gasteiger partial charge in [0.15, 0.2) is 0 Å². The van der Waals surface area contributed by atoms with Gasteiger partial charge in [0.05, 0.1) is 12.8 Å². The van der Waals surface area contributed by atoms with Gasteiger partial charge >= 0.3 is 0 Å². The molecule has 6 heteroatoms. The number of anilines is 3. The van der Waals surface area contributed by atoms with Gasteiger partial charge in [-0.2, -0.15) is 4.98 Å². The fourth-order valence-corrected chi connectivity index (χ4v) is 2.33. The lowest BCUT2D eigenvalue weighted by Gasteiger charge is -2.14. The number of benzene rings is 1. The molecule has 22 heavy (non-hydrogen) atoms. The Bertz CT molecular complexity index is 701. The zero-order valence-corrected chi connectivity index (χ0v) is 13.7. The second-order valence-corrected chi connectivity index (χ2v) is 5.97. The van der Waals surface area contributed by atoms with Crippen LogP contribution in [-0.4, -0.2) is 23.1 Å². The van der Waals surface area contributed by atoms with Crippen molar-refractivity contribution >= 4 is 29.1 Å². The van der Waals surface area contributed by atoms with Crippen LogP contribution in [0.5, 0.6) is 5.75 Å². The van der Waals surface area contributed by atoms with E-state index in [9.17, 15) is 0 Å². The highest BCUT2D eigenvalue weighted by atomic mass is 35.5. The molecule has 1 aromatic heterocycles. The SMILES string of the molecule is COc1cc(Cl)c(C)cc1Nc1cc(C)nc(NC2CC2)n1. The third kappa shape index (κ3) is 3.42. The Balaban J connectivity index is 1.88. The first-order chi connectivity index (χ1) is 10.5. The van der Waals surface area contributed by atoms with Crippen LogP contribution in [0.2, 0.25) is 5.02 Å². The van der Waals surface area contributed by atoms with Crippen molar-refractivity contribution < 1.29 is 4.74 Å². The standard InChI is InChI=1S/C16H19ClN4O/c1-9-6-13(14(22-3)8-12(9)17)20-15-7-10(2)18-16(21-15)19-11-4-5-11/h6-8,11H,4-5H2,1-3H3,(H2,18,19,20,21). The second-order valence-electron chi connectivity index (χ2n) is 5.56. The summed E-state index contributed by atoms with van der Waals surface area (Å²) in [5, 5.41) is 7.29. The number of ether oxygens (including phenoxy) is 1. The van der Waals surface area contributed by atoms with Crippen molar-refractivity contribution in [2.24, 2.45) is 0 Å². The van der Waals surface area contributed by atoms with Crippen molar-refractivity contribution in [3.63, 3.8) is 0 Å². The number of aromatic nitrogens is 2. The predicted octanol–water partition coefficient (Wildman–Crippen LogP) is 4.07. The summed E-state index contributed by atoms with van der Waals surface area (Å²) in [6.07, 6.45) is 2.37. The Hall–Kier alpha value is -2.01. The van der Waals surface area contributed by atoms with E-state index < -0.39 is 0 Å². The van der Waals surface area contributed by atoms with E-state index in [-0.39, 0.29) is 0 Å². The van der Waals surface area contributed by atoms with E-state index in [1.54, 1.807) is 13.2 Å². The molecule has 0 spiro atoms. The number of halogens is 1. The predicted molar refractivity (Wildman–Crippen MR) is 89.4 cm³/mol. The van der Waals surface area contributed by atoms with E-state index in [1.165, 1.54) is 12.8 Å². The molecule has 5 nitrogen and oxygen atoms in total. The minimum atomic E-state index is 0.516. The largest absolute Gasteiger partial charge is 0.495 e. The lowest BCUT2D eigenvalue weighted by atomic mass is 10.2. The molecule has 1 aliphatic carbocycles. The van der Waals surface area contributed by atoms with Gasteiger partial charge in [-0.15, -0.1) is 0 Å². The molecule has 0 unspecified atom stereocenters. The number of rotatable bonds is 5. The molecule has 0 atom stereocenters. The van der Waals surface area contributed by atoms with Crippen LogP contribution in [0, 0.1) is 13.8 Å². The first-order valence-corrected chi connectivity index (χ1v) is 7.66. The highest BCUT2D eigenvalue weighted by Gasteiger charge is 2.22. The fourth-order valence-electron chi connectivity index (χ4n) is 2.18. The Labute approximate surface area is 135 Å². The summed E-state index contributed by atoms with van der Waals surface area (Å²) >= 11 is 6.14. The average molecular weight is 319 g/mol. The summed E-state index contributed by atoms with van der Waals surface area (Å²) in [6.45, 7) is 3.91. The molecule has 2 N–H and O–H groups in total. The van der Waals surface area contributed by atoms with Gasteiger partial charge in [-0.3, -0.25) is 0 Å². The monoisotopic (exact) mass is 318 g/mol. The number of hydrogen-bond donors (Lipinski definition) is 2. The maximum absolute atomic E-state index is 6.14. The zero-order valence-electron chi connectivity index (χ0n) is 12.9. The van der Waals surface area contributed by atoms with Gasteiger partial charge in [0, 0.05) is 28.9 Å². The topological polar surface area (TPSA) is 59.1 Å². The molecule has 0 bridgehead atoms. The molecule has 116 valence electrons. The Morgan fingerprint density at radius 2 is 1.95 bits per heavy atom. The number of nitrogens with one attached hydrogen (secondary N) is 2. The summed E-state index contributed by atoms with van der Waals surface area (Å²) in [4.78, 5) is 8.93. The van der Waals surface area contributed by atoms with Gasteiger partial charge in [0.1, 0.15) is 11.6 Å². The van der Waals surface area contributed by atoms with Crippen molar-refractivity contribution in [1.82, 2.24) is 9.97 Å². The smallest absolute Gasteiger partial charge is 0.225 e. The molecule has 2 aromatic rings. The van der Waals surface area contributed by atoms with Gasteiger partial charge in [0.2, 0.25) is 5.95 Å². The van der Waals surface area contributed by atoms with Crippen LogP contribution >= 0.6 is 11.6 Å².